The van der Waals surface area contributed by atoms with Crippen LogP contribution in [0.3, 0.4) is 0 Å². The third kappa shape index (κ3) is 4.53. The zero-order valence-electron chi connectivity index (χ0n) is 15.7. The van der Waals surface area contributed by atoms with Crippen LogP contribution in [0.2, 0.25) is 0 Å². The maximum Gasteiger partial charge on any atom is 0.433 e. The van der Waals surface area contributed by atoms with Crippen LogP contribution in [0.5, 0.6) is 0 Å². The van der Waals surface area contributed by atoms with Gasteiger partial charge in [0, 0.05) is 11.9 Å². The van der Waals surface area contributed by atoms with Gasteiger partial charge in [0.25, 0.3) is 0 Å². The second-order valence-electron chi connectivity index (χ2n) is 6.55. The van der Waals surface area contributed by atoms with Gasteiger partial charge in [0.2, 0.25) is 5.95 Å². The first kappa shape index (κ1) is 20.3. The predicted molar refractivity (Wildman–Crippen MR) is 103 cm³/mol. The van der Waals surface area contributed by atoms with E-state index in [1.807, 2.05) is 19.1 Å². The third-order valence-electron chi connectivity index (χ3n) is 4.59. The summed E-state index contributed by atoms with van der Waals surface area (Å²) in [6.07, 6.45) is -3.51. The number of aromatic nitrogens is 2. The van der Waals surface area contributed by atoms with Crippen LogP contribution in [0.15, 0.2) is 54.7 Å². The van der Waals surface area contributed by atoms with Crippen molar-refractivity contribution in [2.45, 2.75) is 25.9 Å². The van der Waals surface area contributed by atoms with E-state index in [0.29, 0.717) is 11.3 Å². The fraction of sp³-hybridized carbons (Fsp3) is 0.190. The van der Waals surface area contributed by atoms with Crippen molar-refractivity contribution in [2.24, 2.45) is 0 Å². The number of aliphatic carboxylic acids is 1. The van der Waals surface area contributed by atoms with Crippen molar-refractivity contribution in [3.8, 4) is 11.1 Å². The lowest BCUT2D eigenvalue weighted by Crippen LogP contribution is -2.10. The van der Waals surface area contributed by atoms with Gasteiger partial charge in [-0.1, -0.05) is 30.3 Å². The van der Waals surface area contributed by atoms with Gasteiger partial charge in [-0.25, -0.2) is 9.97 Å². The van der Waals surface area contributed by atoms with E-state index >= 15 is 0 Å². The van der Waals surface area contributed by atoms with Crippen molar-refractivity contribution in [3.05, 3.63) is 71.5 Å². The van der Waals surface area contributed by atoms with Crippen molar-refractivity contribution in [1.82, 2.24) is 9.97 Å². The van der Waals surface area contributed by atoms with Crippen molar-refractivity contribution in [3.63, 3.8) is 0 Å². The minimum absolute atomic E-state index is 0.165. The van der Waals surface area contributed by atoms with Gasteiger partial charge in [-0.15, -0.1) is 0 Å². The van der Waals surface area contributed by atoms with E-state index in [1.165, 1.54) is 0 Å². The van der Waals surface area contributed by atoms with Crippen LogP contribution in [0.1, 0.15) is 29.7 Å². The smallest absolute Gasteiger partial charge is 0.433 e. The van der Waals surface area contributed by atoms with Gasteiger partial charge >= 0.3 is 12.1 Å². The van der Waals surface area contributed by atoms with Gasteiger partial charge in [0.05, 0.1) is 5.92 Å². The van der Waals surface area contributed by atoms with Gasteiger partial charge in [0.1, 0.15) is 5.69 Å². The number of carbonyl (C=O) groups is 1. The number of anilines is 2. The van der Waals surface area contributed by atoms with Gasteiger partial charge in [-0.2, -0.15) is 13.2 Å². The highest BCUT2D eigenvalue weighted by Gasteiger charge is 2.32. The summed E-state index contributed by atoms with van der Waals surface area (Å²) in [6, 6.07) is 13.3. The Kier molecular flexibility index (Phi) is 5.54. The second kappa shape index (κ2) is 7.90. The van der Waals surface area contributed by atoms with E-state index in [2.05, 4.69) is 15.3 Å². The summed E-state index contributed by atoms with van der Waals surface area (Å²) in [5, 5.41) is 12.1. The molecule has 1 heterocycles. The van der Waals surface area contributed by atoms with E-state index in [1.54, 1.807) is 37.3 Å². The predicted octanol–water partition coefficient (Wildman–Crippen LogP) is 5.40. The lowest BCUT2D eigenvalue weighted by molar-refractivity contribution is -0.141. The molecule has 150 valence electrons. The molecule has 0 amide bonds. The number of hydrogen-bond acceptors (Lipinski definition) is 4. The average Bonchev–Trinajstić information content (AvgIpc) is 2.67. The minimum Gasteiger partial charge on any atom is -0.481 e. The Hall–Kier alpha value is -3.42. The first-order chi connectivity index (χ1) is 13.7. The molecule has 0 aliphatic carbocycles. The largest absolute Gasteiger partial charge is 0.481 e. The molecule has 2 aromatic carbocycles. The first-order valence-electron chi connectivity index (χ1n) is 8.77. The number of carboxylic acid groups (broad SMARTS) is 1. The molecule has 8 heteroatoms. The normalized spacial score (nSPS) is 12.4. The molecule has 3 aromatic rings. The molecule has 0 aliphatic heterocycles. The van der Waals surface area contributed by atoms with E-state index in [4.69, 9.17) is 0 Å². The molecule has 3 rings (SSSR count). The van der Waals surface area contributed by atoms with Crippen LogP contribution in [-0.4, -0.2) is 21.0 Å². The molecule has 0 fully saturated rings. The molecule has 0 bridgehead atoms. The molecule has 0 saturated heterocycles. The summed E-state index contributed by atoms with van der Waals surface area (Å²) in [6.45, 7) is 3.47. The molecule has 1 unspecified atom stereocenters. The topological polar surface area (TPSA) is 75.1 Å². The summed E-state index contributed by atoms with van der Waals surface area (Å²) >= 11 is 0. The number of rotatable bonds is 5. The molecule has 0 spiro atoms. The Morgan fingerprint density at radius 1 is 1.14 bits per heavy atom. The highest BCUT2D eigenvalue weighted by molar-refractivity contribution is 5.79. The van der Waals surface area contributed by atoms with E-state index in [0.717, 1.165) is 29.0 Å². The Labute approximate surface area is 165 Å². The van der Waals surface area contributed by atoms with Crippen LogP contribution >= 0.6 is 0 Å². The van der Waals surface area contributed by atoms with E-state index in [-0.39, 0.29) is 5.95 Å². The fourth-order valence-electron chi connectivity index (χ4n) is 3.04. The molecular weight excluding hydrogens is 383 g/mol. The zero-order valence-corrected chi connectivity index (χ0v) is 15.7. The zero-order chi connectivity index (χ0) is 21.2. The fourth-order valence-corrected chi connectivity index (χ4v) is 3.04. The second-order valence-corrected chi connectivity index (χ2v) is 6.55. The highest BCUT2D eigenvalue weighted by Crippen LogP contribution is 2.32. The van der Waals surface area contributed by atoms with Gasteiger partial charge < -0.3 is 10.4 Å². The molecule has 0 radical (unpaired) electrons. The Bertz CT molecular complexity index is 1050. The number of halogens is 3. The first-order valence-corrected chi connectivity index (χ1v) is 8.77. The number of nitrogens with zero attached hydrogens (tertiary/aromatic N) is 2. The number of alkyl halides is 3. The van der Waals surface area contributed by atoms with Crippen LogP contribution < -0.4 is 5.32 Å². The molecule has 0 saturated carbocycles. The van der Waals surface area contributed by atoms with Crippen molar-refractivity contribution < 1.29 is 23.1 Å². The molecule has 1 aromatic heterocycles. The van der Waals surface area contributed by atoms with Gasteiger partial charge in [-0.3, -0.25) is 4.79 Å². The number of benzene rings is 2. The van der Waals surface area contributed by atoms with Crippen LogP contribution in [0.4, 0.5) is 24.8 Å². The third-order valence-corrected chi connectivity index (χ3v) is 4.59. The Balaban J connectivity index is 1.93. The molecule has 1 atom stereocenters. The summed E-state index contributed by atoms with van der Waals surface area (Å²) < 4.78 is 38.5. The summed E-state index contributed by atoms with van der Waals surface area (Å²) in [4.78, 5) is 18.7. The minimum atomic E-state index is -4.56. The SMILES string of the molecule is Cc1c(-c2cccc(Nc3nccc(C(F)(F)F)n3)c2)cccc1C(C)C(=O)O. The van der Waals surface area contributed by atoms with Crippen LogP contribution in [-0.2, 0) is 11.0 Å². The standard InChI is InChI=1S/C21H18F3N3O2/c1-12-16(13(2)19(28)29)7-4-8-17(12)14-5-3-6-15(11-14)26-20-25-10-9-18(27-20)21(22,23)24/h3-11,13H,1-2H3,(H,28,29)(H,25,26,27). The summed E-state index contributed by atoms with van der Waals surface area (Å²) in [7, 11) is 0. The number of hydrogen-bond donors (Lipinski definition) is 2. The quantitative estimate of drug-likeness (QED) is 0.599. The van der Waals surface area contributed by atoms with Crippen molar-refractivity contribution in [2.75, 3.05) is 5.32 Å². The maximum atomic E-state index is 12.8. The maximum absolute atomic E-state index is 12.8. The Morgan fingerprint density at radius 2 is 1.86 bits per heavy atom. The molecular formula is C21H18F3N3O2. The molecule has 0 aliphatic rings. The molecule has 2 N–H and O–H groups in total. The average molecular weight is 401 g/mol. The monoisotopic (exact) mass is 401 g/mol. The van der Waals surface area contributed by atoms with Gasteiger partial charge in [0.15, 0.2) is 0 Å². The van der Waals surface area contributed by atoms with Crippen LogP contribution in [0.25, 0.3) is 11.1 Å². The van der Waals surface area contributed by atoms with Crippen molar-refractivity contribution in [1.29, 1.82) is 0 Å². The van der Waals surface area contributed by atoms with Crippen molar-refractivity contribution >= 4 is 17.6 Å². The highest BCUT2D eigenvalue weighted by atomic mass is 19.4. The summed E-state index contributed by atoms with van der Waals surface area (Å²) in [5.41, 5.74) is 2.64. The van der Waals surface area contributed by atoms with Gasteiger partial charge in [-0.05, 0) is 54.3 Å². The molecule has 29 heavy (non-hydrogen) atoms. The number of carboxylic acids is 1. The summed E-state index contributed by atoms with van der Waals surface area (Å²) in [5.74, 6) is -1.74. The lowest BCUT2D eigenvalue weighted by atomic mass is 9.90. The number of nitrogens with one attached hydrogen (secondary N) is 1. The van der Waals surface area contributed by atoms with E-state index in [9.17, 15) is 23.1 Å². The Morgan fingerprint density at radius 3 is 2.55 bits per heavy atom. The van der Waals surface area contributed by atoms with Crippen LogP contribution in [0, 0.1) is 6.92 Å². The lowest BCUT2D eigenvalue weighted by Gasteiger charge is -2.15. The molecule has 5 nitrogen and oxygen atoms in total. The van der Waals surface area contributed by atoms with E-state index < -0.39 is 23.8 Å².